The van der Waals surface area contributed by atoms with Crippen molar-refractivity contribution in [3.63, 3.8) is 0 Å². The number of halogens is 1. The van der Waals surface area contributed by atoms with Gasteiger partial charge >= 0.3 is 0 Å². The monoisotopic (exact) mass is 301 g/mol. The SMILES string of the molecule is NCC(c1cccc(Cl)c1)N1CCCC1c1ccncc1. The van der Waals surface area contributed by atoms with Crippen LogP contribution in [0.4, 0.5) is 0 Å². The fraction of sp³-hybridized carbons (Fsp3) is 0.353. The van der Waals surface area contributed by atoms with Gasteiger partial charge in [-0.05, 0) is 54.8 Å². The van der Waals surface area contributed by atoms with E-state index >= 15 is 0 Å². The van der Waals surface area contributed by atoms with Gasteiger partial charge in [-0.15, -0.1) is 0 Å². The summed E-state index contributed by atoms with van der Waals surface area (Å²) in [5.41, 5.74) is 8.60. The molecule has 2 aromatic rings. The Morgan fingerprint density at radius 2 is 2.10 bits per heavy atom. The average molecular weight is 302 g/mol. The highest BCUT2D eigenvalue weighted by molar-refractivity contribution is 6.30. The van der Waals surface area contributed by atoms with E-state index in [0.717, 1.165) is 11.6 Å². The molecular formula is C17H20ClN3. The van der Waals surface area contributed by atoms with Crippen molar-refractivity contribution in [2.45, 2.75) is 24.9 Å². The van der Waals surface area contributed by atoms with E-state index in [1.165, 1.54) is 24.0 Å². The molecule has 0 bridgehead atoms. The van der Waals surface area contributed by atoms with Crippen molar-refractivity contribution in [1.82, 2.24) is 9.88 Å². The highest BCUT2D eigenvalue weighted by Gasteiger charge is 2.31. The first-order valence-corrected chi connectivity index (χ1v) is 7.78. The molecule has 2 atom stereocenters. The minimum absolute atomic E-state index is 0.212. The molecule has 21 heavy (non-hydrogen) atoms. The highest BCUT2D eigenvalue weighted by Crippen LogP contribution is 2.38. The van der Waals surface area contributed by atoms with Gasteiger partial charge in [-0.2, -0.15) is 0 Å². The number of aromatic nitrogens is 1. The van der Waals surface area contributed by atoms with Crippen molar-refractivity contribution < 1.29 is 0 Å². The molecular weight excluding hydrogens is 282 g/mol. The number of nitrogens with two attached hydrogens (primary N) is 1. The first-order chi connectivity index (χ1) is 10.3. The van der Waals surface area contributed by atoms with Crippen LogP contribution >= 0.6 is 11.6 Å². The van der Waals surface area contributed by atoms with Gasteiger partial charge in [0.25, 0.3) is 0 Å². The Balaban J connectivity index is 1.89. The van der Waals surface area contributed by atoms with Crippen molar-refractivity contribution in [2.75, 3.05) is 13.1 Å². The maximum absolute atomic E-state index is 6.14. The van der Waals surface area contributed by atoms with Crippen molar-refractivity contribution in [1.29, 1.82) is 0 Å². The summed E-state index contributed by atoms with van der Waals surface area (Å²) in [6.45, 7) is 1.67. The van der Waals surface area contributed by atoms with Crippen LogP contribution in [0.25, 0.3) is 0 Å². The van der Waals surface area contributed by atoms with E-state index in [4.69, 9.17) is 17.3 Å². The molecule has 0 radical (unpaired) electrons. The molecule has 2 N–H and O–H groups in total. The van der Waals surface area contributed by atoms with Gasteiger partial charge in [0.05, 0.1) is 0 Å². The highest BCUT2D eigenvalue weighted by atomic mass is 35.5. The number of hydrogen-bond donors (Lipinski definition) is 1. The predicted molar refractivity (Wildman–Crippen MR) is 86.2 cm³/mol. The molecule has 1 aromatic carbocycles. The summed E-state index contributed by atoms with van der Waals surface area (Å²) in [5, 5.41) is 0.769. The van der Waals surface area contributed by atoms with E-state index in [1.54, 1.807) is 0 Å². The van der Waals surface area contributed by atoms with Gasteiger partial charge in [0.15, 0.2) is 0 Å². The van der Waals surface area contributed by atoms with Gasteiger partial charge in [0, 0.05) is 36.0 Å². The summed E-state index contributed by atoms with van der Waals surface area (Å²) in [4.78, 5) is 6.62. The van der Waals surface area contributed by atoms with Crippen molar-refractivity contribution >= 4 is 11.6 Å². The van der Waals surface area contributed by atoms with Gasteiger partial charge in [-0.25, -0.2) is 0 Å². The van der Waals surface area contributed by atoms with Crippen LogP contribution in [0, 0.1) is 0 Å². The summed E-state index contributed by atoms with van der Waals surface area (Å²) in [7, 11) is 0. The lowest BCUT2D eigenvalue weighted by Gasteiger charge is -2.33. The third kappa shape index (κ3) is 3.10. The fourth-order valence-corrected chi connectivity index (χ4v) is 3.48. The Bertz CT molecular complexity index is 588. The predicted octanol–water partition coefficient (Wildman–Crippen LogP) is 3.57. The van der Waals surface area contributed by atoms with E-state index in [9.17, 15) is 0 Å². The Kier molecular flexibility index (Phi) is 4.54. The zero-order chi connectivity index (χ0) is 14.7. The number of nitrogens with zero attached hydrogens (tertiary/aromatic N) is 2. The van der Waals surface area contributed by atoms with E-state index in [1.807, 2.05) is 30.6 Å². The molecule has 4 heteroatoms. The second-order valence-electron chi connectivity index (χ2n) is 5.48. The largest absolute Gasteiger partial charge is 0.329 e. The molecule has 0 saturated carbocycles. The lowest BCUT2D eigenvalue weighted by molar-refractivity contribution is 0.185. The van der Waals surface area contributed by atoms with Crippen LogP contribution in [0.1, 0.15) is 36.1 Å². The van der Waals surface area contributed by atoms with E-state index in [2.05, 4.69) is 28.1 Å². The van der Waals surface area contributed by atoms with Crippen LogP contribution in [0.5, 0.6) is 0 Å². The van der Waals surface area contributed by atoms with Crippen LogP contribution in [-0.2, 0) is 0 Å². The molecule has 2 heterocycles. The maximum atomic E-state index is 6.14. The molecule has 1 aliphatic rings. The standard InChI is InChI=1S/C17H20ClN3/c18-15-4-1-3-14(11-15)17(12-19)21-10-2-5-16(21)13-6-8-20-9-7-13/h1,3-4,6-9,11,16-17H,2,5,10,12,19H2. The van der Waals surface area contributed by atoms with Gasteiger partial charge in [-0.3, -0.25) is 9.88 Å². The number of pyridine rings is 1. The molecule has 1 saturated heterocycles. The zero-order valence-electron chi connectivity index (χ0n) is 12.0. The average Bonchev–Trinajstić information content (AvgIpc) is 2.98. The first kappa shape index (κ1) is 14.5. The maximum Gasteiger partial charge on any atom is 0.0477 e. The second kappa shape index (κ2) is 6.56. The van der Waals surface area contributed by atoms with Gasteiger partial charge < -0.3 is 5.73 Å². The second-order valence-corrected chi connectivity index (χ2v) is 5.92. The molecule has 0 spiro atoms. The lowest BCUT2D eigenvalue weighted by atomic mass is 10.0. The summed E-state index contributed by atoms with van der Waals surface area (Å²) in [6, 6.07) is 12.9. The molecule has 3 nitrogen and oxygen atoms in total. The minimum atomic E-state index is 0.212. The van der Waals surface area contributed by atoms with E-state index in [0.29, 0.717) is 12.6 Å². The Morgan fingerprint density at radius 1 is 1.29 bits per heavy atom. The third-order valence-corrected chi connectivity index (χ3v) is 4.48. The van der Waals surface area contributed by atoms with Crippen LogP contribution in [0.15, 0.2) is 48.8 Å². The molecule has 0 amide bonds. The molecule has 1 fully saturated rings. The smallest absolute Gasteiger partial charge is 0.0477 e. The topological polar surface area (TPSA) is 42.1 Å². The number of rotatable bonds is 4. The number of likely N-dealkylation sites (tertiary alicyclic amines) is 1. The molecule has 3 rings (SSSR count). The number of hydrogen-bond acceptors (Lipinski definition) is 3. The Hall–Kier alpha value is -1.42. The van der Waals surface area contributed by atoms with Crippen LogP contribution in [0.3, 0.4) is 0 Å². The zero-order valence-corrected chi connectivity index (χ0v) is 12.7. The molecule has 110 valence electrons. The molecule has 0 aliphatic carbocycles. The summed E-state index contributed by atoms with van der Waals surface area (Å²) in [6.07, 6.45) is 6.09. The third-order valence-electron chi connectivity index (χ3n) is 4.24. The first-order valence-electron chi connectivity index (χ1n) is 7.41. The number of benzene rings is 1. The van der Waals surface area contributed by atoms with Crippen LogP contribution in [-0.4, -0.2) is 23.0 Å². The van der Waals surface area contributed by atoms with Gasteiger partial charge in [0.1, 0.15) is 0 Å². The van der Waals surface area contributed by atoms with Crippen molar-refractivity contribution in [3.8, 4) is 0 Å². The van der Waals surface area contributed by atoms with Gasteiger partial charge in [0.2, 0.25) is 0 Å². The molecule has 2 unspecified atom stereocenters. The normalized spacial score (nSPS) is 20.6. The van der Waals surface area contributed by atoms with Crippen molar-refractivity contribution in [2.24, 2.45) is 5.73 Å². The van der Waals surface area contributed by atoms with Crippen LogP contribution < -0.4 is 5.73 Å². The lowest BCUT2D eigenvalue weighted by Crippen LogP contribution is -2.33. The molecule has 1 aromatic heterocycles. The summed E-state index contributed by atoms with van der Waals surface area (Å²) < 4.78 is 0. The minimum Gasteiger partial charge on any atom is -0.329 e. The Morgan fingerprint density at radius 3 is 2.81 bits per heavy atom. The quantitative estimate of drug-likeness (QED) is 0.938. The Labute approximate surface area is 130 Å². The summed E-state index contributed by atoms with van der Waals surface area (Å²) in [5.74, 6) is 0. The van der Waals surface area contributed by atoms with Gasteiger partial charge in [-0.1, -0.05) is 23.7 Å². The summed E-state index contributed by atoms with van der Waals surface area (Å²) >= 11 is 6.14. The van der Waals surface area contributed by atoms with E-state index in [-0.39, 0.29) is 6.04 Å². The van der Waals surface area contributed by atoms with E-state index < -0.39 is 0 Å². The van der Waals surface area contributed by atoms with Crippen molar-refractivity contribution in [3.05, 3.63) is 64.9 Å². The molecule has 1 aliphatic heterocycles. The fourth-order valence-electron chi connectivity index (χ4n) is 3.28. The van der Waals surface area contributed by atoms with Crippen LogP contribution in [0.2, 0.25) is 5.02 Å².